The van der Waals surface area contributed by atoms with Crippen molar-refractivity contribution in [1.82, 2.24) is 9.97 Å². The molecule has 0 saturated carbocycles. The van der Waals surface area contributed by atoms with E-state index in [-0.39, 0.29) is 11.6 Å². The summed E-state index contributed by atoms with van der Waals surface area (Å²) in [6.45, 7) is 3.65. The standard InChI is InChI=1S/C19H17ClN4O/c1-12-8-9-14(20)10-16(12)24-19(25)17-11-18(22-13(2)21-17)23-15-6-4-3-5-7-15/h3-11H,1-2H3,(H,24,25)(H,21,22,23). The fourth-order valence-electron chi connectivity index (χ4n) is 2.33. The molecule has 1 aromatic heterocycles. The zero-order valence-electron chi connectivity index (χ0n) is 13.9. The van der Waals surface area contributed by atoms with Crippen molar-refractivity contribution in [2.45, 2.75) is 13.8 Å². The van der Waals surface area contributed by atoms with E-state index in [1.807, 2.05) is 43.3 Å². The average molecular weight is 353 g/mol. The summed E-state index contributed by atoms with van der Waals surface area (Å²) in [7, 11) is 0. The van der Waals surface area contributed by atoms with E-state index in [9.17, 15) is 4.79 Å². The summed E-state index contributed by atoms with van der Waals surface area (Å²) in [6, 6.07) is 16.6. The van der Waals surface area contributed by atoms with Crippen LogP contribution in [-0.4, -0.2) is 15.9 Å². The van der Waals surface area contributed by atoms with E-state index in [0.29, 0.717) is 22.4 Å². The monoisotopic (exact) mass is 352 g/mol. The van der Waals surface area contributed by atoms with Gasteiger partial charge in [0.2, 0.25) is 0 Å². The highest BCUT2D eigenvalue weighted by atomic mass is 35.5. The lowest BCUT2D eigenvalue weighted by Crippen LogP contribution is -2.16. The zero-order valence-corrected chi connectivity index (χ0v) is 14.6. The number of amides is 1. The Hall–Kier alpha value is -2.92. The second-order valence-electron chi connectivity index (χ2n) is 5.59. The van der Waals surface area contributed by atoms with Gasteiger partial charge >= 0.3 is 0 Å². The summed E-state index contributed by atoms with van der Waals surface area (Å²) >= 11 is 6.00. The molecule has 5 nitrogen and oxygen atoms in total. The van der Waals surface area contributed by atoms with E-state index >= 15 is 0 Å². The second-order valence-corrected chi connectivity index (χ2v) is 6.03. The minimum absolute atomic E-state index is 0.283. The Labute approximate surface area is 151 Å². The highest BCUT2D eigenvalue weighted by molar-refractivity contribution is 6.31. The van der Waals surface area contributed by atoms with Gasteiger partial charge < -0.3 is 10.6 Å². The smallest absolute Gasteiger partial charge is 0.274 e. The van der Waals surface area contributed by atoms with Crippen LogP contribution in [0.4, 0.5) is 17.2 Å². The SMILES string of the molecule is Cc1nc(Nc2ccccc2)cc(C(=O)Nc2cc(Cl)ccc2C)n1. The molecule has 3 aromatic rings. The molecule has 0 aliphatic rings. The molecule has 1 heterocycles. The molecule has 2 N–H and O–H groups in total. The van der Waals surface area contributed by atoms with Crippen molar-refractivity contribution in [2.75, 3.05) is 10.6 Å². The van der Waals surface area contributed by atoms with Crippen LogP contribution in [0.2, 0.25) is 5.02 Å². The van der Waals surface area contributed by atoms with Gasteiger partial charge in [0.15, 0.2) is 0 Å². The summed E-state index contributed by atoms with van der Waals surface area (Å²) in [5.41, 5.74) is 2.75. The number of anilines is 3. The van der Waals surface area contributed by atoms with Gasteiger partial charge in [-0.15, -0.1) is 0 Å². The van der Waals surface area contributed by atoms with Crippen molar-refractivity contribution in [1.29, 1.82) is 0 Å². The third kappa shape index (κ3) is 4.33. The minimum atomic E-state index is -0.313. The molecular weight excluding hydrogens is 336 g/mol. The highest BCUT2D eigenvalue weighted by Gasteiger charge is 2.12. The molecule has 0 saturated heterocycles. The number of halogens is 1. The summed E-state index contributed by atoms with van der Waals surface area (Å²) < 4.78 is 0. The molecule has 126 valence electrons. The number of hydrogen-bond acceptors (Lipinski definition) is 4. The Morgan fingerprint density at radius 1 is 1.00 bits per heavy atom. The number of carbonyl (C=O) groups excluding carboxylic acids is 1. The number of para-hydroxylation sites is 1. The first-order valence-corrected chi connectivity index (χ1v) is 8.14. The van der Waals surface area contributed by atoms with Crippen molar-refractivity contribution in [3.05, 3.63) is 76.7 Å². The van der Waals surface area contributed by atoms with Gasteiger partial charge in [-0.3, -0.25) is 4.79 Å². The van der Waals surface area contributed by atoms with Crippen LogP contribution in [0.3, 0.4) is 0 Å². The predicted molar refractivity (Wildman–Crippen MR) is 101 cm³/mol. The third-order valence-corrected chi connectivity index (χ3v) is 3.80. The van der Waals surface area contributed by atoms with E-state index in [2.05, 4.69) is 20.6 Å². The van der Waals surface area contributed by atoms with Crippen molar-refractivity contribution < 1.29 is 4.79 Å². The van der Waals surface area contributed by atoms with Crippen LogP contribution in [0.5, 0.6) is 0 Å². The van der Waals surface area contributed by atoms with Gasteiger partial charge in [-0.25, -0.2) is 9.97 Å². The molecule has 3 rings (SSSR count). The number of benzene rings is 2. The van der Waals surface area contributed by atoms with E-state index in [1.54, 1.807) is 25.1 Å². The Kier molecular flexibility index (Phi) is 4.95. The summed E-state index contributed by atoms with van der Waals surface area (Å²) in [5, 5.41) is 6.58. The highest BCUT2D eigenvalue weighted by Crippen LogP contribution is 2.21. The Balaban J connectivity index is 1.84. The molecular formula is C19H17ClN4O. The largest absolute Gasteiger partial charge is 0.340 e. The van der Waals surface area contributed by atoms with Crippen LogP contribution in [0.1, 0.15) is 21.9 Å². The number of aromatic nitrogens is 2. The molecule has 0 aliphatic carbocycles. The van der Waals surface area contributed by atoms with Crippen molar-refractivity contribution in [2.24, 2.45) is 0 Å². The maximum Gasteiger partial charge on any atom is 0.274 e. The maximum atomic E-state index is 12.6. The van der Waals surface area contributed by atoms with Gasteiger partial charge in [0, 0.05) is 22.5 Å². The molecule has 0 radical (unpaired) electrons. The number of hydrogen-bond donors (Lipinski definition) is 2. The molecule has 0 unspecified atom stereocenters. The van der Waals surface area contributed by atoms with Crippen LogP contribution in [-0.2, 0) is 0 Å². The number of rotatable bonds is 4. The number of nitrogens with zero attached hydrogens (tertiary/aromatic N) is 2. The van der Waals surface area contributed by atoms with E-state index in [4.69, 9.17) is 11.6 Å². The lowest BCUT2D eigenvalue weighted by Gasteiger charge is -2.11. The first kappa shape index (κ1) is 16.9. The van der Waals surface area contributed by atoms with Crippen LogP contribution in [0.15, 0.2) is 54.6 Å². The molecule has 6 heteroatoms. The topological polar surface area (TPSA) is 66.9 Å². The van der Waals surface area contributed by atoms with E-state index in [0.717, 1.165) is 11.3 Å². The molecule has 25 heavy (non-hydrogen) atoms. The summed E-state index contributed by atoms with van der Waals surface area (Å²) in [5.74, 6) is 0.757. The average Bonchev–Trinajstić information content (AvgIpc) is 2.58. The Morgan fingerprint density at radius 2 is 1.76 bits per heavy atom. The quantitative estimate of drug-likeness (QED) is 0.711. The lowest BCUT2D eigenvalue weighted by molar-refractivity contribution is 0.102. The van der Waals surface area contributed by atoms with E-state index in [1.165, 1.54) is 0 Å². The third-order valence-electron chi connectivity index (χ3n) is 3.56. The van der Waals surface area contributed by atoms with E-state index < -0.39 is 0 Å². The predicted octanol–water partition coefficient (Wildman–Crippen LogP) is 4.74. The zero-order chi connectivity index (χ0) is 17.8. The molecule has 1 amide bonds. The fourth-order valence-corrected chi connectivity index (χ4v) is 2.50. The fraction of sp³-hybridized carbons (Fsp3) is 0.105. The van der Waals surface area contributed by atoms with Crippen molar-refractivity contribution >= 4 is 34.7 Å². The van der Waals surface area contributed by atoms with Gasteiger partial charge in [-0.2, -0.15) is 0 Å². The summed E-state index contributed by atoms with van der Waals surface area (Å²) in [4.78, 5) is 21.1. The van der Waals surface area contributed by atoms with Gasteiger partial charge in [-0.1, -0.05) is 35.9 Å². The van der Waals surface area contributed by atoms with Crippen LogP contribution >= 0.6 is 11.6 Å². The van der Waals surface area contributed by atoms with Crippen molar-refractivity contribution in [3.63, 3.8) is 0 Å². The number of carbonyl (C=O) groups is 1. The minimum Gasteiger partial charge on any atom is -0.340 e. The lowest BCUT2D eigenvalue weighted by atomic mass is 10.2. The van der Waals surface area contributed by atoms with Gasteiger partial charge in [0.25, 0.3) is 5.91 Å². The Morgan fingerprint density at radius 3 is 2.52 bits per heavy atom. The summed E-state index contributed by atoms with van der Waals surface area (Å²) in [6.07, 6.45) is 0. The number of nitrogens with one attached hydrogen (secondary N) is 2. The van der Waals surface area contributed by atoms with Crippen molar-refractivity contribution in [3.8, 4) is 0 Å². The Bertz CT molecular complexity index is 913. The molecule has 0 spiro atoms. The van der Waals surface area contributed by atoms with Gasteiger partial charge in [-0.05, 0) is 43.7 Å². The molecule has 2 aromatic carbocycles. The second kappa shape index (κ2) is 7.32. The molecule has 0 aliphatic heterocycles. The van der Waals surface area contributed by atoms with Crippen LogP contribution in [0.25, 0.3) is 0 Å². The molecule has 0 bridgehead atoms. The first-order chi connectivity index (χ1) is 12.0. The molecule has 0 fully saturated rings. The normalized spacial score (nSPS) is 10.4. The maximum absolute atomic E-state index is 12.6. The molecule has 0 atom stereocenters. The first-order valence-electron chi connectivity index (χ1n) is 7.76. The van der Waals surface area contributed by atoms with Crippen LogP contribution in [0, 0.1) is 13.8 Å². The van der Waals surface area contributed by atoms with Crippen LogP contribution < -0.4 is 10.6 Å². The number of aryl methyl sites for hydroxylation is 2. The van der Waals surface area contributed by atoms with Gasteiger partial charge in [0.1, 0.15) is 17.3 Å². The van der Waals surface area contributed by atoms with Gasteiger partial charge in [0.05, 0.1) is 0 Å².